The average Bonchev–Trinajstić information content (AvgIpc) is 2.90. The van der Waals surface area contributed by atoms with Gasteiger partial charge in [0.15, 0.2) is 0 Å². The van der Waals surface area contributed by atoms with Crippen molar-refractivity contribution in [3.63, 3.8) is 0 Å². The van der Waals surface area contributed by atoms with Crippen molar-refractivity contribution in [3.8, 4) is 0 Å². The molecule has 0 radical (unpaired) electrons. The van der Waals surface area contributed by atoms with Crippen LogP contribution in [0.2, 0.25) is 0 Å². The van der Waals surface area contributed by atoms with Gasteiger partial charge in [-0.05, 0) is 42.9 Å². The molecule has 2 rings (SSSR count). The second-order valence-corrected chi connectivity index (χ2v) is 5.69. The molecule has 5 nitrogen and oxygen atoms in total. The van der Waals surface area contributed by atoms with E-state index in [0.717, 1.165) is 11.3 Å². The number of hydrogen-bond donors (Lipinski definition) is 3. The summed E-state index contributed by atoms with van der Waals surface area (Å²) >= 11 is 0. The van der Waals surface area contributed by atoms with Crippen molar-refractivity contribution in [2.75, 3.05) is 12.4 Å². The molecule has 6 heteroatoms. The van der Waals surface area contributed by atoms with Crippen LogP contribution in [-0.2, 0) is 16.6 Å². The highest BCUT2D eigenvalue weighted by atomic mass is 32.2. The quantitative estimate of drug-likeness (QED) is 0.767. The Hall–Kier alpha value is -1.79. The summed E-state index contributed by atoms with van der Waals surface area (Å²) in [5.41, 5.74) is 2.02. The molecule has 0 bridgehead atoms. The van der Waals surface area contributed by atoms with Gasteiger partial charge in [0.05, 0.1) is 4.90 Å². The van der Waals surface area contributed by atoms with Crippen molar-refractivity contribution < 1.29 is 8.42 Å². The Bertz CT molecular complexity index is 589. The van der Waals surface area contributed by atoms with Gasteiger partial charge in [0.1, 0.15) is 0 Å². The molecule has 1 aromatic heterocycles. The van der Waals surface area contributed by atoms with E-state index in [1.165, 1.54) is 7.05 Å². The summed E-state index contributed by atoms with van der Waals surface area (Å²) < 4.78 is 25.3. The lowest BCUT2D eigenvalue weighted by Crippen LogP contribution is -2.18. The average molecular weight is 265 g/mol. The third-order valence-corrected chi connectivity index (χ3v) is 4.02. The largest absolute Gasteiger partial charge is 0.381 e. The molecule has 0 amide bonds. The summed E-state index contributed by atoms with van der Waals surface area (Å²) in [5, 5.41) is 3.21. The Kier molecular flexibility index (Phi) is 3.69. The number of aromatic nitrogens is 1. The van der Waals surface area contributed by atoms with Crippen molar-refractivity contribution in [1.29, 1.82) is 0 Å². The predicted molar refractivity (Wildman–Crippen MR) is 70.8 cm³/mol. The number of aromatic amines is 1. The highest BCUT2D eigenvalue weighted by Gasteiger charge is 2.09. The third kappa shape index (κ3) is 2.91. The van der Waals surface area contributed by atoms with Crippen LogP contribution in [0.5, 0.6) is 0 Å². The fourth-order valence-corrected chi connectivity index (χ4v) is 2.27. The van der Waals surface area contributed by atoms with Crippen molar-refractivity contribution in [1.82, 2.24) is 9.71 Å². The molecule has 2 aromatic rings. The fraction of sp³-hybridized carbons (Fsp3) is 0.167. The fourth-order valence-electron chi connectivity index (χ4n) is 1.54. The molecule has 1 heterocycles. The van der Waals surface area contributed by atoms with Gasteiger partial charge in [0.25, 0.3) is 0 Å². The predicted octanol–water partition coefficient (Wildman–Crippen LogP) is 1.53. The van der Waals surface area contributed by atoms with E-state index in [0.29, 0.717) is 6.54 Å². The summed E-state index contributed by atoms with van der Waals surface area (Å²) in [4.78, 5) is 3.24. The maximum Gasteiger partial charge on any atom is 0.240 e. The zero-order valence-electron chi connectivity index (χ0n) is 9.97. The molecule has 0 unspecified atom stereocenters. The first-order valence-corrected chi connectivity index (χ1v) is 6.99. The molecule has 96 valence electrons. The Labute approximate surface area is 106 Å². The van der Waals surface area contributed by atoms with Gasteiger partial charge in [-0.15, -0.1) is 0 Å². The van der Waals surface area contributed by atoms with E-state index in [4.69, 9.17) is 0 Å². The summed E-state index contributed by atoms with van der Waals surface area (Å²) in [7, 11) is -1.96. The minimum atomic E-state index is -3.36. The number of anilines is 1. The van der Waals surface area contributed by atoms with Crippen LogP contribution >= 0.6 is 0 Å². The molecule has 1 aromatic carbocycles. The SMILES string of the molecule is CNS(=O)(=O)c1ccc(NCc2cc[nH]c2)cc1. The number of H-pyrrole nitrogens is 1. The lowest BCUT2D eigenvalue weighted by molar-refractivity contribution is 0.588. The van der Waals surface area contributed by atoms with E-state index < -0.39 is 10.0 Å². The normalized spacial score (nSPS) is 11.4. The van der Waals surface area contributed by atoms with Crippen molar-refractivity contribution in [2.45, 2.75) is 11.4 Å². The maximum absolute atomic E-state index is 11.5. The number of benzene rings is 1. The molecule has 0 atom stereocenters. The zero-order chi connectivity index (χ0) is 13.0. The van der Waals surface area contributed by atoms with Gasteiger partial charge in [0.2, 0.25) is 10.0 Å². The number of hydrogen-bond acceptors (Lipinski definition) is 3. The molecule has 0 aliphatic heterocycles. The Morgan fingerprint density at radius 3 is 2.44 bits per heavy atom. The minimum absolute atomic E-state index is 0.261. The van der Waals surface area contributed by atoms with Gasteiger partial charge in [-0.25, -0.2) is 13.1 Å². The van der Waals surface area contributed by atoms with Crippen molar-refractivity contribution in [2.24, 2.45) is 0 Å². The number of nitrogens with one attached hydrogen (secondary N) is 3. The van der Waals surface area contributed by atoms with E-state index in [9.17, 15) is 8.42 Å². The Morgan fingerprint density at radius 1 is 1.17 bits per heavy atom. The van der Waals surface area contributed by atoms with E-state index in [1.807, 2.05) is 18.5 Å². The van der Waals surface area contributed by atoms with Crippen LogP contribution < -0.4 is 10.0 Å². The van der Waals surface area contributed by atoms with Gasteiger partial charge >= 0.3 is 0 Å². The standard InChI is InChI=1S/C12H15N3O2S/c1-13-18(16,17)12-4-2-11(3-5-12)15-9-10-6-7-14-8-10/h2-8,13-15H,9H2,1H3. The van der Waals surface area contributed by atoms with Gasteiger partial charge in [-0.3, -0.25) is 0 Å². The molecule has 18 heavy (non-hydrogen) atoms. The smallest absolute Gasteiger partial charge is 0.240 e. The Morgan fingerprint density at radius 2 is 1.89 bits per heavy atom. The summed E-state index contributed by atoms with van der Waals surface area (Å²) in [6, 6.07) is 8.62. The van der Waals surface area contributed by atoms with Crippen LogP contribution in [0, 0.1) is 0 Å². The van der Waals surface area contributed by atoms with Crippen molar-refractivity contribution in [3.05, 3.63) is 48.3 Å². The van der Waals surface area contributed by atoms with Crippen LogP contribution in [0.1, 0.15) is 5.56 Å². The molecule has 0 aliphatic rings. The van der Waals surface area contributed by atoms with E-state index in [1.54, 1.807) is 24.3 Å². The van der Waals surface area contributed by atoms with E-state index >= 15 is 0 Å². The number of sulfonamides is 1. The van der Waals surface area contributed by atoms with Crippen molar-refractivity contribution >= 4 is 15.7 Å². The molecular weight excluding hydrogens is 250 g/mol. The lowest BCUT2D eigenvalue weighted by Gasteiger charge is -2.06. The first kappa shape index (κ1) is 12.7. The van der Waals surface area contributed by atoms with E-state index in [-0.39, 0.29) is 4.90 Å². The van der Waals surface area contributed by atoms with Crippen LogP contribution in [0.3, 0.4) is 0 Å². The van der Waals surface area contributed by atoms with Crippen LogP contribution in [0.4, 0.5) is 5.69 Å². The monoisotopic (exact) mass is 265 g/mol. The highest BCUT2D eigenvalue weighted by molar-refractivity contribution is 7.89. The van der Waals surface area contributed by atoms with Crippen LogP contribution in [-0.4, -0.2) is 20.4 Å². The first-order chi connectivity index (χ1) is 8.62. The molecule has 0 spiro atoms. The second-order valence-electron chi connectivity index (χ2n) is 3.80. The summed E-state index contributed by atoms with van der Waals surface area (Å²) in [5.74, 6) is 0. The third-order valence-electron chi connectivity index (χ3n) is 2.59. The maximum atomic E-state index is 11.5. The summed E-state index contributed by atoms with van der Waals surface area (Å²) in [6.45, 7) is 0.696. The second kappa shape index (κ2) is 5.24. The van der Waals surface area contributed by atoms with Gasteiger partial charge in [0, 0.05) is 24.6 Å². The molecular formula is C12H15N3O2S. The molecule has 3 N–H and O–H groups in total. The lowest BCUT2D eigenvalue weighted by atomic mass is 10.3. The topological polar surface area (TPSA) is 74.0 Å². The zero-order valence-corrected chi connectivity index (χ0v) is 10.8. The van der Waals surface area contributed by atoms with E-state index in [2.05, 4.69) is 15.0 Å². The number of rotatable bonds is 5. The molecule has 0 saturated heterocycles. The van der Waals surface area contributed by atoms with Crippen LogP contribution in [0.15, 0.2) is 47.6 Å². The summed E-state index contributed by atoms with van der Waals surface area (Å²) in [6.07, 6.45) is 3.77. The molecule has 0 saturated carbocycles. The van der Waals surface area contributed by atoms with Gasteiger partial charge < -0.3 is 10.3 Å². The molecule has 0 fully saturated rings. The van der Waals surface area contributed by atoms with Crippen LogP contribution in [0.25, 0.3) is 0 Å². The highest BCUT2D eigenvalue weighted by Crippen LogP contribution is 2.14. The molecule has 0 aliphatic carbocycles. The van der Waals surface area contributed by atoms with Gasteiger partial charge in [-0.2, -0.15) is 0 Å². The minimum Gasteiger partial charge on any atom is -0.381 e. The Balaban J connectivity index is 2.04. The van der Waals surface area contributed by atoms with Gasteiger partial charge in [-0.1, -0.05) is 0 Å². The first-order valence-electron chi connectivity index (χ1n) is 5.51.